The van der Waals surface area contributed by atoms with E-state index in [2.05, 4.69) is 47.6 Å². The van der Waals surface area contributed by atoms with Crippen LogP contribution in [0.1, 0.15) is 125 Å². The molecule has 0 spiro atoms. The number of rotatable bonds is 8. The van der Waals surface area contributed by atoms with Crippen LogP contribution >= 0.6 is 0 Å². The van der Waals surface area contributed by atoms with Crippen LogP contribution in [0, 0.1) is 52.3 Å². The van der Waals surface area contributed by atoms with Gasteiger partial charge in [0, 0.05) is 0 Å². The lowest BCUT2D eigenvalue weighted by molar-refractivity contribution is -0.0861. The first-order valence-corrected chi connectivity index (χ1v) is 14.6. The standard InChI is InChI=1S/C31H54O/c1-7-8-12-24-27-14-13-23-26-16-15-25(22(4)11-9-10-21(2)3)30(26,5)19-17-28(23)31(27,6)20-18-29(24)32/h13,21-22,24-29,32H,7-12,14-20H2,1-6H3/t22-,24?,25-,26+,27?,28+,29?,30-,31+/m1/s1. The highest BCUT2D eigenvalue weighted by Gasteiger charge is 2.59. The second-order valence-corrected chi connectivity index (χ2v) is 13.6. The highest BCUT2D eigenvalue weighted by Crippen LogP contribution is 2.67. The van der Waals surface area contributed by atoms with Crippen molar-refractivity contribution in [2.24, 2.45) is 52.3 Å². The summed E-state index contributed by atoms with van der Waals surface area (Å²) in [5.41, 5.74) is 2.86. The van der Waals surface area contributed by atoms with E-state index >= 15 is 0 Å². The number of allylic oxidation sites excluding steroid dienone is 2. The first-order chi connectivity index (χ1) is 15.2. The minimum Gasteiger partial charge on any atom is -0.393 e. The van der Waals surface area contributed by atoms with Gasteiger partial charge in [-0.1, -0.05) is 85.3 Å². The van der Waals surface area contributed by atoms with E-state index in [-0.39, 0.29) is 6.10 Å². The Morgan fingerprint density at radius 2 is 1.66 bits per heavy atom. The molecule has 1 N–H and O–H groups in total. The number of aliphatic hydroxyl groups is 1. The molecule has 32 heavy (non-hydrogen) atoms. The Morgan fingerprint density at radius 3 is 2.38 bits per heavy atom. The molecule has 0 radical (unpaired) electrons. The summed E-state index contributed by atoms with van der Waals surface area (Å²) < 4.78 is 0. The topological polar surface area (TPSA) is 20.2 Å². The van der Waals surface area contributed by atoms with Crippen LogP contribution in [-0.2, 0) is 0 Å². The molecule has 0 bridgehead atoms. The SMILES string of the molecule is CCCCC1C(O)CC[C@@]2(C)C1CC=C1[C@@H]3CC[C@H]([C@H](C)CCCC(C)C)[C@@]3(C)CC[C@@H]12. The molecule has 0 heterocycles. The van der Waals surface area contributed by atoms with Gasteiger partial charge in [-0.15, -0.1) is 0 Å². The van der Waals surface area contributed by atoms with Crippen molar-refractivity contribution >= 4 is 0 Å². The maximum Gasteiger partial charge on any atom is 0.0571 e. The molecular formula is C31H54O. The first kappa shape index (κ1) is 24.8. The maximum absolute atomic E-state index is 10.9. The predicted molar refractivity (Wildman–Crippen MR) is 137 cm³/mol. The fraction of sp³-hybridized carbons (Fsp3) is 0.935. The van der Waals surface area contributed by atoms with Crippen LogP contribution in [0.15, 0.2) is 11.6 Å². The van der Waals surface area contributed by atoms with E-state index in [1.165, 1.54) is 77.0 Å². The molecule has 0 saturated heterocycles. The van der Waals surface area contributed by atoms with Gasteiger partial charge in [-0.2, -0.15) is 0 Å². The van der Waals surface area contributed by atoms with Crippen molar-refractivity contribution in [2.45, 2.75) is 131 Å². The number of aliphatic hydroxyl groups excluding tert-OH is 1. The fourth-order valence-electron chi connectivity index (χ4n) is 9.60. The van der Waals surface area contributed by atoms with Gasteiger partial charge in [-0.05, 0) is 104 Å². The average Bonchev–Trinajstić information content (AvgIpc) is 3.10. The molecule has 0 aromatic carbocycles. The lowest BCUT2D eigenvalue weighted by Crippen LogP contribution is -2.53. The van der Waals surface area contributed by atoms with Crippen molar-refractivity contribution in [2.75, 3.05) is 0 Å². The smallest absolute Gasteiger partial charge is 0.0571 e. The molecule has 0 aromatic heterocycles. The van der Waals surface area contributed by atoms with Gasteiger partial charge in [-0.25, -0.2) is 0 Å². The van der Waals surface area contributed by atoms with Crippen molar-refractivity contribution in [1.29, 1.82) is 0 Å². The molecule has 0 amide bonds. The van der Waals surface area contributed by atoms with Gasteiger partial charge in [0.15, 0.2) is 0 Å². The Hall–Kier alpha value is -0.300. The maximum atomic E-state index is 10.9. The highest BCUT2D eigenvalue weighted by molar-refractivity contribution is 5.28. The number of hydrogen-bond acceptors (Lipinski definition) is 1. The number of unbranched alkanes of at least 4 members (excludes halogenated alkanes) is 1. The first-order valence-electron chi connectivity index (χ1n) is 14.6. The molecule has 4 aliphatic carbocycles. The molecule has 4 aliphatic rings. The van der Waals surface area contributed by atoms with Crippen LogP contribution in [0.3, 0.4) is 0 Å². The summed E-state index contributed by atoms with van der Waals surface area (Å²) in [7, 11) is 0. The summed E-state index contributed by atoms with van der Waals surface area (Å²) in [6.07, 6.45) is 20.0. The van der Waals surface area contributed by atoms with E-state index in [9.17, 15) is 5.11 Å². The Bertz CT molecular complexity index is 663. The molecule has 0 aliphatic heterocycles. The van der Waals surface area contributed by atoms with Gasteiger partial charge < -0.3 is 5.11 Å². The van der Waals surface area contributed by atoms with Gasteiger partial charge >= 0.3 is 0 Å². The Balaban J connectivity index is 1.52. The zero-order valence-electron chi connectivity index (χ0n) is 22.3. The highest BCUT2D eigenvalue weighted by atomic mass is 16.3. The summed E-state index contributed by atoms with van der Waals surface area (Å²) in [5, 5.41) is 10.9. The molecule has 1 heteroatoms. The quantitative estimate of drug-likeness (QED) is 0.372. The summed E-state index contributed by atoms with van der Waals surface area (Å²) in [6, 6.07) is 0. The van der Waals surface area contributed by atoms with Crippen LogP contribution in [0.2, 0.25) is 0 Å². The molecule has 9 atom stereocenters. The molecular weight excluding hydrogens is 388 g/mol. The van der Waals surface area contributed by atoms with E-state index in [1.54, 1.807) is 0 Å². The molecule has 3 saturated carbocycles. The summed E-state index contributed by atoms with van der Waals surface area (Å²) >= 11 is 0. The van der Waals surface area contributed by atoms with Crippen molar-refractivity contribution in [3.63, 3.8) is 0 Å². The molecule has 4 rings (SSSR count). The van der Waals surface area contributed by atoms with Gasteiger partial charge in [0.25, 0.3) is 0 Å². The second kappa shape index (κ2) is 9.75. The monoisotopic (exact) mass is 442 g/mol. The summed E-state index contributed by atoms with van der Waals surface area (Å²) in [5.74, 6) is 5.55. The fourth-order valence-corrected chi connectivity index (χ4v) is 9.60. The number of hydrogen-bond donors (Lipinski definition) is 1. The third-order valence-electron chi connectivity index (χ3n) is 11.4. The predicted octanol–water partition coefficient (Wildman–Crippen LogP) is 8.81. The Labute approximate surface area is 200 Å². The molecule has 184 valence electrons. The van der Waals surface area contributed by atoms with E-state index in [0.717, 1.165) is 36.0 Å². The normalized spacial score (nSPS) is 44.6. The van der Waals surface area contributed by atoms with Crippen LogP contribution in [0.5, 0.6) is 0 Å². The van der Waals surface area contributed by atoms with Crippen LogP contribution in [-0.4, -0.2) is 11.2 Å². The second-order valence-electron chi connectivity index (χ2n) is 13.6. The summed E-state index contributed by atoms with van der Waals surface area (Å²) in [6.45, 7) is 15.0. The van der Waals surface area contributed by atoms with Gasteiger partial charge in [0.1, 0.15) is 0 Å². The van der Waals surface area contributed by atoms with Crippen LogP contribution in [0.4, 0.5) is 0 Å². The van der Waals surface area contributed by atoms with Crippen LogP contribution in [0.25, 0.3) is 0 Å². The zero-order valence-corrected chi connectivity index (χ0v) is 22.3. The molecule has 3 unspecified atom stereocenters. The summed E-state index contributed by atoms with van der Waals surface area (Å²) in [4.78, 5) is 0. The van der Waals surface area contributed by atoms with Gasteiger partial charge in [-0.3, -0.25) is 0 Å². The van der Waals surface area contributed by atoms with Crippen LogP contribution < -0.4 is 0 Å². The van der Waals surface area contributed by atoms with E-state index in [1.807, 2.05) is 5.57 Å². The minimum atomic E-state index is -0.0500. The Kier molecular flexibility index (Phi) is 7.56. The average molecular weight is 443 g/mol. The van der Waals surface area contributed by atoms with Gasteiger partial charge in [0.2, 0.25) is 0 Å². The molecule has 0 aromatic rings. The lowest BCUT2D eigenvalue weighted by atomic mass is 9.45. The van der Waals surface area contributed by atoms with E-state index < -0.39 is 0 Å². The van der Waals surface area contributed by atoms with Crippen molar-refractivity contribution in [1.82, 2.24) is 0 Å². The zero-order chi connectivity index (χ0) is 23.1. The van der Waals surface area contributed by atoms with E-state index in [4.69, 9.17) is 0 Å². The minimum absolute atomic E-state index is 0.0500. The van der Waals surface area contributed by atoms with Crippen molar-refractivity contribution < 1.29 is 5.11 Å². The third-order valence-corrected chi connectivity index (χ3v) is 11.4. The molecule has 3 fully saturated rings. The number of fused-ring (bicyclic) bond motifs is 5. The van der Waals surface area contributed by atoms with E-state index in [0.29, 0.717) is 22.7 Å². The van der Waals surface area contributed by atoms with Gasteiger partial charge in [0.05, 0.1) is 6.10 Å². The lowest BCUT2D eigenvalue weighted by Gasteiger charge is -2.59. The third kappa shape index (κ3) is 4.27. The molecule has 1 nitrogen and oxygen atoms in total. The van der Waals surface area contributed by atoms with Crippen molar-refractivity contribution in [3.05, 3.63) is 11.6 Å². The Morgan fingerprint density at radius 1 is 0.938 bits per heavy atom. The van der Waals surface area contributed by atoms with Crippen molar-refractivity contribution in [3.8, 4) is 0 Å². The largest absolute Gasteiger partial charge is 0.393 e.